The molecule has 1 nitrogen and oxygen atoms in total. The third-order valence-electron chi connectivity index (χ3n) is 4.21. The predicted molar refractivity (Wildman–Crippen MR) is 101 cm³/mol. The van der Waals surface area contributed by atoms with Crippen LogP contribution in [0.1, 0.15) is 36.4 Å². The van der Waals surface area contributed by atoms with Crippen molar-refractivity contribution in [2.45, 2.75) is 25.3 Å². The van der Waals surface area contributed by atoms with E-state index in [-0.39, 0.29) is 0 Å². The molecule has 1 aliphatic rings. The van der Waals surface area contributed by atoms with Crippen LogP contribution in [0.5, 0.6) is 0 Å². The molecule has 0 heterocycles. The van der Waals surface area contributed by atoms with E-state index in [0.29, 0.717) is 17.9 Å². The maximum absolute atomic E-state index is 3.73. The van der Waals surface area contributed by atoms with Crippen LogP contribution >= 0.6 is 38.5 Å². The van der Waals surface area contributed by atoms with E-state index in [1.54, 1.807) is 0 Å². The Bertz CT molecular complexity index is 614. The first-order valence-corrected chi connectivity index (χ1v) is 9.31. The highest BCUT2D eigenvalue weighted by molar-refractivity contribution is 14.1. The first-order chi connectivity index (χ1) is 10.2. The van der Waals surface area contributed by atoms with E-state index in [2.05, 4.69) is 99.3 Å². The molecule has 0 amide bonds. The van der Waals surface area contributed by atoms with Crippen LogP contribution < -0.4 is 5.32 Å². The van der Waals surface area contributed by atoms with Crippen LogP contribution in [0.25, 0.3) is 0 Å². The third kappa shape index (κ3) is 3.51. The first-order valence-electron chi connectivity index (χ1n) is 7.44. The average Bonchev–Trinajstić information content (AvgIpc) is 3.29. The van der Waals surface area contributed by atoms with Gasteiger partial charge in [-0.1, -0.05) is 53.2 Å². The number of benzene rings is 2. The van der Waals surface area contributed by atoms with Gasteiger partial charge in [-0.25, -0.2) is 0 Å². The largest absolute Gasteiger partial charge is 0.310 e. The zero-order chi connectivity index (χ0) is 14.8. The maximum Gasteiger partial charge on any atom is 0.0366 e. The van der Waals surface area contributed by atoms with Crippen molar-refractivity contribution in [3.05, 3.63) is 67.7 Å². The highest BCUT2D eigenvalue weighted by atomic mass is 127. The Balaban J connectivity index is 1.85. The second-order valence-electron chi connectivity index (χ2n) is 5.62. The molecule has 3 heteroatoms. The van der Waals surface area contributed by atoms with Gasteiger partial charge in [0.1, 0.15) is 0 Å². The summed E-state index contributed by atoms with van der Waals surface area (Å²) in [6.07, 6.45) is 1.28. The third-order valence-corrected chi connectivity index (χ3v) is 5.61. The summed E-state index contributed by atoms with van der Waals surface area (Å²) in [5.74, 6) is 1.39. The standard InChI is InChI=1S/C18H19BrIN/c1-2-21-18(16-10-13(20)8-9-17(16)19)15-11-14(15)12-6-4-3-5-7-12/h3-10,14-15,18,21H,2,11H2,1H3. The minimum absolute atomic E-state index is 0.435. The van der Waals surface area contributed by atoms with E-state index >= 15 is 0 Å². The van der Waals surface area contributed by atoms with Crippen molar-refractivity contribution in [3.8, 4) is 0 Å². The molecule has 110 valence electrons. The molecule has 0 bridgehead atoms. The van der Waals surface area contributed by atoms with Crippen LogP contribution in [-0.2, 0) is 0 Å². The summed E-state index contributed by atoms with van der Waals surface area (Å²) in [5, 5.41) is 3.70. The molecule has 1 aliphatic carbocycles. The Labute approximate surface area is 148 Å². The fraction of sp³-hybridized carbons (Fsp3) is 0.333. The Morgan fingerprint density at radius 2 is 2.00 bits per heavy atom. The van der Waals surface area contributed by atoms with Crippen molar-refractivity contribution in [2.75, 3.05) is 6.54 Å². The zero-order valence-electron chi connectivity index (χ0n) is 12.0. The normalized spacial score (nSPS) is 22.0. The molecular weight excluding hydrogens is 437 g/mol. The fourth-order valence-corrected chi connectivity index (χ4v) is 4.14. The Morgan fingerprint density at radius 1 is 1.24 bits per heavy atom. The van der Waals surface area contributed by atoms with Gasteiger partial charge in [-0.3, -0.25) is 0 Å². The molecule has 3 rings (SSSR count). The van der Waals surface area contributed by atoms with Gasteiger partial charge >= 0.3 is 0 Å². The summed E-state index contributed by atoms with van der Waals surface area (Å²) >= 11 is 6.13. The Morgan fingerprint density at radius 3 is 2.71 bits per heavy atom. The lowest BCUT2D eigenvalue weighted by molar-refractivity contribution is 0.485. The molecule has 2 aromatic rings. The van der Waals surface area contributed by atoms with Gasteiger partial charge in [0.2, 0.25) is 0 Å². The number of nitrogens with one attached hydrogen (secondary N) is 1. The van der Waals surface area contributed by atoms with E-state index in [0.717, 1.165) is 6.54 Å². The van der Waals surface area contributed by atoms with Gasteiger partial charge < -0.3 is 5.32 Å². The van der Waals surface area contributed by atoms with Crippen LogP contribution in [0, 0.1) is 9.49 Å². The van der Waals surface area contributed by atoms with Gasteiger partial charge in [0.05, 0.1) is 0 Å². The van der Waals surface area contributed by atoms with Crippen molar-refractivity contribution in [1.29, 1.82) is 0 Å². The summed E-state index contributed by atoms with van der Waals surface area (Å²) in [7, 11) is 0. The molecule has 0 saturated heterocycles. The summed E-state index contributed by atoms with van der Waals surface area (Å²) in [6.45, 7) is 3.19. The van der Waals surface area contributed by atoms with Crippen molar-refractivity contribution in [2.24, 2.45) is 5.92 Å². The second kappa shape index (κ2) is 6.80. The van der Waals surface area contributed by atoms with E-state index in [4.69, 9.17) is 0 Å². The molecule has 0 radical (unpaired) electrons. The van der Waals surface area contributed by atoms with Crippen LogP contribution in [0.2, 0.25) is 0 Å². The van der Waals surface area contributed by atoms with E-state index in [9.17, 15) is 0 Å². The van der Waals surface area contributed by atoms with Crippen molar-refractivity contribution < 1.29 is 0 Å². The van der Waals surface area contributed by atoms with Gasteiger partial charge in [0.25, 0.3) is 0 Å². The number of halogens is 2. The van der Waals surface area contributed by atoms with Gasteiger partial charge in [-0.15, -0.1) is 0 Å². The highest BCUT2D eigenvalue weighted by Gasteiger charge is 2.44. The highest BCUT2D eigenvalue weighted by Crippen LogP contribution is 2.54. The van der Waals surface area contributed by atoms with Gasteiger partial charge in [-0.05, 0) is 76.7 Å². The molecule has 1 saturated carbocycles. The molecule has 1 fully saturated rings. The first kappa shape index (κ1) is 15.5. The smallest absolute Gasteiger partial charge is 0.0366 e. The van der Waals surface area contributed by atoms with Gasteiger partial charge in [0.15, 0.2) is 0 Å². The van der Waals surface area contributed by atoms with Crippen molar-refractivity contribution >= 4 is 38.5 Å². The van der Waals surface area contributed by atoms with E-state index in [1.165, 1.54) is 25.6 Å². The number of hydrogen-bond donors (Lipinski definition) is 1. The van der Waals surface area contributed by atoms with Crippen LogP contribution in [0.3, 0.4) is 0 Å². The maximum atomic E-state index is 3.73. The van der Waals surface area contributed by atoms with Crippen molar-refractivity contribution in [3.63, 3.8) is 0 Å². The lowest BCUT2D eigenvalue weighted by Crippen LogP contribution is -2.23. The molecule has 0 aromatic heterocycles. The quantitative estimate of drug-likeness (QED) is 0.586. The minimum Gasteiger partial charge on any atom is -0.310 e. The monoisotopic (exact) mass is 455 g/mol. The second-order valence-corrected chi connectivity index (χ2v) is 7.72. The topological polar surface area (TPSA) is 12.0 Å². The van der Waals surface area contributed by atoms with Crippen LogP contribution in [0.4, 0.5) is 0 Å². The number of hydrogen-bond acceptors (Lipinski definition) is 1. The predicted octanol–water partition coefficient (Wildman–Crippen LogP) is 5.51. The van der Waals surface area contributed by atoms with E-state index in [1.807, 2.05) is 0 Å². The molecular formula is C18H19BrIN. The summed E-state index contributed by atoms with van der Waals surface area (Å²) in [6, 6.07) is 18.0. The van der Waals surface area contributed by atoms with Gasteiger partial charge in [-0.2, -0.15) is 0 Å². The van der Waals surface area contributed by atoms with Gasteiger partial charge in [0, 0.05) is 14.1 Å². The molecule has 1 N–H and O–H groups in total. The average molecular weight is 456 g/mol. The van der Waals surface area contributed by atoms with E-state index < -0.39 is 0 Å². The molecule has 3 unspecified atom stereocenters. The van der Waals surface area contributed by atoms with Crippen LogP contribution in [-0.4, -0.2) is 6.54 Å². The Hall–Kier alpha value is -0.390. The minimum atomic E-state index is 0.435. The lowest BCUT2D eigenvalue weighted by atomic mass is 9.98. The number of rotatable bonds is 5. The lowest BCUT2D eigenvalue weighted by Gasteiger charge is -2.20. The zero-order valence-corrected chi connectivity index (χ0v) is 15.8. The molecule has 2 aromatic carbocycles. The summed E-state index contributed by atoms with van der Waals surface area (Å²) in [5.41, 5.74) is 2.87. The van der Waals surface area contributed by atoms with Crippen molar-refractivity contribution in [1.82, 2.24) is 5.32 Å². The fourth-order valence-electron chi connectivity index (χ4n) is 3.13. The molecule has 3 atom stereocenters. The summed E-state index contributed by atoms with van der Waals surface area (Å²) in [4.78, 5) is 0. The summed E-state index contributed by atoms with van der Waals surface area (Å²) < 4.78 is 2.51. The molecule has 0 spiro atoms. The molecule has 0 aliphatic heterocycles. The Kier molecular flexibility index (Phi) is 5.02. The molecule has 21 heavy (non-hydrogen) atoms. The van der Waals surface area contributed by atoms with Crippen LogP contribution in [0.15, 0.2) is 53.0 Å². The SMILES string of the molecule is CCNC(c1cc(I)ccc1Br)C1CC1c1ccccc1.